The lowest BCUT2D eigenvalue weighted by Gasteiger charge is -2.13. The van der Waals surface area contributed by atoms with E-state index < -0.39 is 24.4 Å². The molecule has 0 saturated carbocycles. The highest BCUT2D eigenvalue weighted by Crippen LogP contribution is 2.36. The van der Waals surface area contributed by atoms with Crippen molar-refractivity contribution >= 4 is 39.9 Å². The van der Waals surface area contributed by atoms with Gasteiger partial charge in [-0.05, 0) is 33.6 Å². The summed E-state index contributed by atoms with van der Waals surface area (Å²) in [6, 6.07) is 3.06. The molecule has 25 heavy (non-hydrogen) atoms. The number of halogens is 1. The molecule has 1 aromatic rings. The number of nitrogens with one attached hydrogen (secondary N) is 2. The number of aliphatic carboxylic acids is 1. The van der Waals surface area contributed by atoms with Crippen molar-refractivity contribution < 1.29 is 29.0 Å². The van der Waals surface area contributed by atoms with E-state index in [1.54, 1.807) is 6.07 Å². The van der Waals surface area contributed by atoms with Crippen LogP contribution in [0.4, 0.5) is 0 Å². The van der Waals surface area contributed by atoms with Crippen LogP contribution >= 0.6 is 15.9 Å². The summed E-state index contributed by atoms with van der Waals surface area (Å²) in [4.78, 5) is 33.3. The molecule has 0 atom stereocenters. The van der Waals surface area contributed by atoms with E-state index in [0.717, 1.165) is 0 Å². The number of carbonyl (C=O) groups excluding carboxylic acids is 3. The van der Waals surface area contributed by atoms with Crippen LogP contribution < -0.4 is 25.3 Å². The van der Waals surface area contributed by atoms with Crippen LogP contribution in [0.2, 0.25) is 0 Å². The minimum absolute atomic E-state index is 0.160. The van der Waals surface area contributed by atoms with Crippen LogP contribution in [-0.2, 0) is 14.4 Å². The van der Waals surface area contributed by atoms with Gasteiger partial charge in [0.15, 0.2) is 11.5 Å². The third-order valence-electron chi connectivity index (χ3n) is 2.58. The average molecular weight is 413 g/mol. The van der Waals surface area contributed by atoms with Crippen molar-refractivity contribution in [1.82, 2.24) is 10.7 Å². The predicted molar refractivity (Wildman–Crippen MR) is 90.1 cm³/mol. The molecule has 0 heterocycles. The Labute approximate surface area is 151 Å². The number of amides is 2. The Balaban J connectivity index is 2.80. The zero-order chi connectivity index (χ0) is 18.8. The molecule has 0 radical (unpaired) electrons. The maximum atomic E-state index is 11.4. The summed E-state index contributed by atoms with van der Waals surface area (Å²) in [6.07, 6.45) is 2.71. The van der Waals surface area contributed by atoms with Gasteiger partial charge in [-0.2, -0.15) is 5.10 Å². The van der Waals surface area contributed by atoms with Crippen molar-refractivity contribution in [2.75, 3.05) is 20.3 Å². The highest BCUT2D eigenvalue weighted by Gasteiger charge is 2.12. The smallest absolute Gasteiger partial charge is 0.329 e. The molecule has 0 aliphatic carbocycles. The SMILES string of the molecule is C=CCNC(=O)C(=O)N/N=C\c1cc(Br)c(OCC(=O)[O-])c(OC)c1. The van der Waals surface area contributed by atoms with Gasteiger partial charge in [0.2, 0.25) is 0 Å². The van der Waals surface area contributed by atoms with Crippen LogP contribution in [0.1, 0.15) is 5.56 Å². The number of carbonyl (C=O) groups is 3. The highest BCUT2D eigenvalue weighted by atomic mass is 79.9. The molecule has 1 rings (SSSR count). The molecule has 0 aliphatic rings. The largest absolute Gasteiger partial charge is 0.546 e. The summed E-state index contributed by atoms with van der Waals surface area (Å²) in [7, 11) is 1.38. The topological polar surface area (TPSA) is 129 Å². The van der Waals surface area contributed by atoms with Gasteiger partial charge in [-0.25, -0.2) is 5.43 Å². The summed E-state index contributed by atoms with van der Waals surface area (Å²) >= 11 is 3.22. The van der Waals surface area contributed by atoms with Crippen molar-refractivity contribution in [3.05, 3.63) is 34.8 Å². The molecule has 0 aromatic heterocycles. The van der Waals surface area contributed by atoms with Crippen molar-refractivity contribution in [1.29, 1.82) is 0 Å². The number of carboxylic acids is 1. The standard InChI is InChI=1S/C15H16BrN3O6/c1-3-4-17-14(22)15(23)19-18-7-9-5-10(16)13(11(6-9)24-2)25-8-12(20)21/h3,5-7H,1,4,8H2,2H3,(H,17,22)(H,19,23)(H,20,21)/p-1/b18-7-. The Morgan fingerprint density at radius 3 is 2.68 bits per heavy atom. The van der Waals surface area contributed by atoms with Gasteiger partial charge in [-0.3, -0.25) is 9.59 Å². The molecular formula is C15H15BrN3O6-. The van der Waals surface area contributed by atoms with E-state index >= 15 is 0 Å². The first-order chi connectivity index (χ1) is 11.9. The number of hydrogen-bond donors (Lipinski definition) is 2. The second-order valence-corrected chi connectivity index (χ2v) is 5.25. The van der Waals surface area contributed by atoms with E-state index in [2.05, 4.69) is 38.4 Å². The molecule has 1 aromatic carbocycles. The third-order valence-corrected chi connectivity index (χ3v) is 3.17. The maximum absolute atomic E-state index is 11.4. The van der Waals surface area contributed by atoms with Crippen LogP contribution in [0.15, 0.2) is 34.4 Å². The molecule has 9 nitrogen and oxygen atoms in total. The molecule has 134 valence electrons. The van der Waals surface area contributed by atoms with Gasteiger partial charge >= 0.3 is 11.8 Å². The second kappa shape index (κ2) is 10.1. The summed E-state index contributed by atoms with van der Waals surface area (Å²) in [5, 5.41) is 16.4. The third kappa shape index (κ3) is 6.63. The molecule has 2 amide bonds. The summed E-state index contributed by atoms with van der Waals surface area (Å²) in [5.41, 5.74) is 2.56. The second-order valence-electron chi connectivity index (χ2n) is 4.39. The minimum atomic E-state index is -1.38. The molecule has 0 bridgehead atoms. The van der Waals surface area contributed by atoms with E-state index in [-0.39, 0.29) is 18.0 Å². The zero-order valence-corrected chi connectivity index (χ0v) is 14.8. The molecule has 0 fully saturated rings. The fraction of sp³-hybridized carbons (Fsp3) is 0.200. The lowest BCUT2D eigenvalue weighted by atomic mass is 10.2. The number of hydrazone groups is 1. The normalized spacial score (nSPS) is 10.2. The number of methoxy groups -OCH3 is 1. The van der Waals surface area contributed by atoms with Crippen LogP contribution in [-0.4, -0.2) is 44.3 Å². The molecule has 0 spiro atoms. The quantitative estimate of drug-likeness (QED) is 0.252. The Morgan fingerprint density at radius 1 is 1.36 bits per heavy atom. The van der Waals surface area contributed by atoms with Crippen LogP contribution in [0.25, 0.3) is 0 Å². The fourth-order valence-corrected chi connectivity index (χ4v) is 2.12. The molecule has 10 heteroatoms. The van der Waals surface area contributed by atoms with Crippen LogP contribution in [0.5, 0.6) is 11.5 Å². The van der Waals surface area contributed by atoms with Gasteiger partial charge < -0.3 is 24.7 Å². The first-order valence-corrected chi connectivity index (χ1v) is 7.60. The Hall–Kier alpha value is -2.88. The number of ether oxygens (including phenoxy) is 2. The number of nitrogens with zero attached hydrogens (tertiary/aromatic N) is 1. The summed E-state index contributed by atoms with van der Waals surface area (Å²) < 4.78 is 10.6. The van der Waals surface area contributed by atoms with Gasteiger partial charge in [0.25, 0.3) is 0 Å². The Morgan fingerprint density at radius 2 is 2.08 bits per heavy atom. The molecule has 0 unspecified atom stereocenters. The summed E-state index contributed by atoms with van der Waals surface area (Å²) in [6.45, 7) is 2.93. The van der Waals surface area contributed by atoms with Gasteiger partial charge in [-0.1, -0.05) is 6.08 Å². The van der Waals surface area contributed by atoms with Gasteiger partial charge in [0.05, 0.1) is 23.8 Å². The van der Waals surface area contributed by atoms with E-state index in [9.17, 15) is 19.5 Å². The number of carboxylic acid groups (broad SMARTS) is 1. The maximum Gasteiger partial charge on any atom is 0.329 e. The lowest BCUT2D eigenvalue weighted by Crippen LogP contribution is -2.37. The van der Waals surface area contributed by atoms with Crippen molar-refractivity contribution in [2.24, 2.45) is 5.10 Å². The average Bonchev–Trinajstić information content (AvgIpc) is 2.57. The number of rotatable bonds is 8. The Bertz CT molecular complexity index is 705. The van der Waals surface area contributed by atoms with Crippen LogP contribution in [0.3, 0.4) is 0 Å². The van der Waals surface area contributed by atoms with E-state index in [1.807, 2.05) is 0 Å². The van der Waals surface area contributed by atoms with E-state index in [4.69, 9.17) is 9.47 Å². The van der Waals surface area contributed by atoms with E-state index in [1.165, 1.54) is 25.5 Å². The number of benzene rings is 1. The molecule has 0 aliphatic heterocycles. The monoisotopic (exact) mass is 412 g/mol. The molecule has 2 N–H and O–H groups in total. The van der Waals surface area contributed by atoms with Crippen LogP contribution in [0, 0.1) is 0 Å². The minimum Gasteiger partial charge on any atom is -0.546 e. The molecule has 0 saturated heterocycles. The van der Waals surface area contributed by atoms with Gasteiger partial charge in [0.1, 0.15) is 6.61 Å². The summed E-state index contributed by atoms with van der Waals surface area (Å²) in [5.74, 6) is -2.74. The van der Waals surface area contributed by atoms with Crippen molar-refractivity contribution in [3.63, 3.8) is 0 Å². The van der Waals surface area contributed by atoms with Gasteiger partial charge in [0, 0.05) is 6.54 Å². The predicted octanol–water partition coefficient (Wildman–Crippen LogP) is -0.661. The molecular weight excluding hydrogens is 398 g/mol. The fourth-order valence-electron chi connectivity index (χ4n) is 1.55. The van der Waals surface area contributed by atoms with Crippen molar-refractivity contribution in [3.8, 4) is 11.5 Å². The van der Waals surface area contributed by atoms with Crippen molar-refractivity contribution in [2.45, 2.75) is 0 Å². The first kappa shape index (κ1) is 20.2. The number of hydrogen-bond acceptors (Lipinski definition) is 7. The first-order valence-electron chi connectivity index (χ1n) is 6.81. The Kier molecular flexibility index (Phi) is 8.13. The van der Waals surface area contributed by atoms with E-state index in [0.29, 0.717) is 10.0 Å². The zero-order valence-electron chi connectivity index (χ0n) is 13.2. The van der Waals surface area contributed by atoms with Gasteiger partial charge in [-0.15, -0.1) is 6.58 Å². The highest BCUT2D eigenvalue weighted by molar-refractivity contribution is 9.10. The lowest BCUT2D eigenvalue weighted by molar-refractivity contribution is -0.307.